The van der Waals surface area contributed by atoms with Crippen molar-refractivity contribution >= 4 is 23.2 Å². The van der Waals surface area contributed by atoms with Gasteiger partial charge in [-0.3, -0.25) is 14.5 Å². The van der Waals surface area contributed by atoms with E-state index in [2.05, 4.69) is 15.5 Å². The predicted molar refractivity (Wildman–Crippen MR) is 103 cm³/mol. The summed E-state index contributed by atoms with van der Waals surface area (Å²) in [6.07, 6.45) is 0. The maximum atomic E-state index is 12.4. The molecule has 0 unspecified atom stereocenters. The maximum absolute atomic E-state index is 12.4. The largest absolute Gasteiger partial charge is 0.379 e. The summed E-state index contributed by atoms with van der Waals surface area (Å²) in [6, 6.07) is 11.2. The zero-order valence-electron chi connectivity index (χ0n) is 14.8. The van der Waals surface area contributed by atoms with Gasteiger partial charge in [0, 0.05) is 43.7 Å². The van der Waals surface area contributed by atoms with E-state index in [1.54, 1.807) is 19.2 Å². The molecule has 1 aromatic heterocycles. The molecule has 3 rings (SSSR count). The van der Waals surface area contributed by atoms with E-state index >= 15 is 0 Å². The number of benzene rings is 1. The molecule has 0 atom stereocenters. The normalized spacial score (nSPS) is 14.8. The molecule has 1 aromatic carbocycles. The summed E-state index contributed by atoms with van der Waals surface area (Å²) in [6.45, 7) is 4.79. The zero-order chi connectivity index (χ0) is 18.4. The fourth-order valence-corrected chi connectivity index (χ4v) is 3.76. The molecule has 0 saturated carbocycles. The molecule has 26 heavy (non-hydrogen) atoms. The quantitative estimate of drug-likeness (QED) is 0.811. The molecule has 1 fully saturated rings. The topological polar surface area (TPSA) is 70.7 Å². The van der Waals surface area contributed by atoms with Crippen LogP contribution in [0.1, 0.15) is 20.0 Å². The van der Waals surface area contributed by atoms with Gasteiger partial charge in [0.1, 0.15) is 0 Å². The van der Waals surface area contributed by atoms with Gasteiger partial charge in [-0.25, -0.2) is 0 Å². The Bertz CT molecular complexity index is 769. The fraction of sp³-hybridized carbons (Fsp3) is 0.368. The Morgan fingerprint density at radius 2 is 1.96 bits per heavy atom. The molecule has 138 valence electrons. The Kier molecular flexibility index (Phi) is 6.38. The molecule has 0 radical (unpaired) electrons. The van der Waals surface area contributed by atoms with Crippen LogP contribution in [0.4, 0.5) is 0 Å². The third kappa shape index (κ3) is 4.69. The molecule has 2 N–H and O–H groups in total. The molecule has 7 heteroatoms. The second-order valence-electron chi connectivity index (χ2n) is 6.03. The van der Waals surface area contributed by atoms with Gasteiger partial charge < -0.3 is 15.4 Å². The molecule has 0 spiro atoms. The molecule has 0 bridgehead atoms. The fourth-order valence-electron chi connectivity index (χ4n) is 2.81. The Morgan fingerprint density at radius 3 is 2.73 bits per heavy atom. The molecule has 2 heterocycles. The van der Waals surface area contributed by atoms with E-state index < -0.39 is 0 Å². The van der Waals surface area contributed by atoms with Crippen LogP contribution in [0.25, 0.3) is 10.4 Å². The summed E-state index contributed by atoms with van der Waals surface area (Å²) in [4.78, 5) is 28.0. The maximum Gasteiger partial charge on any atom is 0.261 e. The molecular formula is C19H23N3O3S. The standard InChI is InChI=1S/C19H23N3O3S/c1-20-19(24)17-6-5-16(26-17)14-3-2-4-15(13-14)18(23)21-7-8-22-9-11-25-12-10-22/h2-6,13H,7-12H2,1H3,(H,20,24)(H,21,23). The van der Waals surface area contributed by atoms with E-state index in [-0.39, 0.29) is 11.8 Å². The van der Waals surface area contributed by atoms with Gasteiger partial charge in [-0.15, -0.1) is 11.3 Å². The van der Waals surface area contributed by atoms with Crippen LogP contribution in [-0.2, 0) is 4.74 Å². The van der Waals surface area contributed by atoms with Crippen molar-refractivity contribution in [3.05, 3.63) is 46.8 Å². The van der Waals surface area contributed by atoms with E-state index in [4.69, 9.17) is 4.74 Å². The Morgan fingerprint density at radius 1 is 1.15 bits per heavy atom. The SMILES string of the molecule is CNC(=O)c1ccc(-c2cccc(C(=O)NCCN3CCOCC3)c2)s1. The lowest BCUT2D eigenvalue weighted by atomic mass is 10.1. The van der Waals surface area contributed by atoms with E-state index in [0.29, 0.717) is 17.0 Å². The average Bonchev–Trinajstić information content (AvgIpc) is 3.18. The van der Waals surface area contributed by atoms with Crippen molar-refractivity contribution in [2.45, 2.75) is 0 Å². The van der Waals surface area contributed by atoms with E-state index in [9.17, 15) is 9.59 Å². The number of ether oxygens (including phenoxy) is 1. The van der Waals surface area contributed by atoms with Crippen LogP contribution < -0.4 is 10.6 Å². The minimum Gasteiger partial charge on any atom is -0.379 e. The molecular weight excluding hydrogens is 350 g/mol. The number of hydrogen-bond acceptors (Lipinski definition) is 5. The Labute approximate surface area is 157 Å². The minimum atomic E-state index is -0.0988. The first-order valence-corrected chi connectivity index (χ1v) is 9.49. The molecule has 6 nitrogen and oxygen atoms in total. The molecule has 1 aliphatic heterocycles. The second kappa shape index (κ2) is 8.93. The first kappa shape index (κ1) is 18.6. The van der Waals surface area contributed by atoms with Crippen molar-refractivity contribution in [1.29, 1.82) is 0 Å². The van der Waals surface area contributed by atoms with Gasteiger partial charge in [-0.2, -0.15) is 0 Å². The van der Waals surface area contributed by atoms with Gasteiger partial charge in [0.25, 0.3) is 11.8 Å². The lowest BCUT2D eigenvalue weighted by Crippen LogP contribution is -2.41. The number of nitrogens with one attached hydrogen (secondary N) is 2. The second-order valence-corrected chi connectivity index (χ2v) is 7.12. The van der Waals surface area contributed by atoms with Crippen LogP contribution in [0.3, 0.4) is 0 Å². The molecule has 1 aliphatic rings. The van der Waals surface area contributed by atoms with Gasteiger partial charge in [-0.05, 0) is 29.8 Å². The Balaban J connectivity index is 1.60. The highest BCUT2D eigenvalue weighted by Gasteiger charge is 2.13. The summed E-state index contributed by atoms with van der Waals surface area (Å²) in [7, 11) is 1.61. The highest BCUT2D eigenvalue weighted by atomic mass is 32.1. The number of morpholine rings is 1. The van der Waals surface area contributed by atoms with Gasteiger partial charge in [0.2, 0.25) is 0 Å². The number of amides is 2. The summed E-state index contributed by atoms with van der Waals surface area (Å²) in [5, 5.41) is 5.60. The summed E-state index contributed by atoms with van der Waals surface area (Å²) < 4.78 is 5.32. The van der Waals surface area contributed by atoms with Crippen molar-refractivity contribution in [1.82, 2.24) is 15.5 Å². The number of hydrogen-bond donors (Lipinski definition) is 2. The third-order valence-corrected chi connectivity index (χ3v) is 5.42. The third-order valence-electron chi connectivity index (χ3n) is 4.28. The minimum absolute atomic E-state index is 0.0804. The van der Waals surface area contributed by atoms with Gasteiger partial charge in [-0.1, -0.05) is 12.1 Å². The molecule has 0 aliphatic carbocycles. The van der Waals surface area contributed by atoms with Crippen molar-refractivity contribution < 1.29 is 14.3 Å². The number of rotatable bonds is 6. The number of nitrogens with zero attached hydrogens (tertiary/aromatic N) is 1. The lowest BCUT2D eigenvalue weighted by molar-refractivity contribution is 0.0383. The van der Waals surface area contributed by atoms with Crippen LogP contribution >= 0.6 is 11.3 Å². The van der Waals surface area contributed by atoms with Crippen LogP contribution in [-0.4, -0.2) is 63.2 Å². The average molecular weight is 373 g/mol. The van der Waals surface area contributed by atoms with Crippen molar-refractivity contribution in [2.24, 2.45) is 0 Å². The zero-order valence-corrected chi connectivity index (χ0v) is 15.6. The lowest BCUT2D eigenvalue weighted by Gasteiger charge is -2.26. The number of thiophene rings is 1. The molecule has 1 saturated heterocycles. The first-order valence-electron chi connectivity index (χ1n) is 8.68. The van der Waals surface area contributed by atoms with Crippen molar-refractivity contribution in [2.75, 3.05) is 46.4 Å². The molecule has 2 amide bonds. The highest BCUT2D eigenvalue weighted by molar-refractivity contribution is 7.17. The van der Waals surface area contributed by atoms with Crippen LogP contribution in [0.2, 0.25) is 0 Å². The van der Waals surface area contributed by atoms with Crippen molar-refractivity contribution in [3.8, 4) is 10.4 Å². The van der Waals surface area contributed by atoms with Crippen LogP contribution in [0, 0.1) is 0 Å². The van der Waals surface area contributed by atoms with Crippen LogP contribution in [0.15, 0.2) is 36.4 Å². The summed E-state index contributed by atoms with van der Waals surface area (Å²) in [5.74, 6) is -0.179. The van der Waals surface area contributed by atoms with Gasteiger partial charge >= 0.3 is 0 Å². The van der Waals surface area contributed by atoms with Gasteiger partial charge in [0.15, 0.2) is 0 Å². The Hall–Kier alpha value is -2.22. The highest BCUT2D eigenvalue weighted by Crippen LogP contribution is 2.28. The summed E-state index contributed by atoms with van der Waals surface area (Å²) in [5.41, 5.74) is 1.56. The van der Waals surface area contributed by atoms with Crippen LogP contribution in [0.5, 0.6) is 0 Å². The summed E-state index contributed by atoms with van der Waals surface area (Å²) >= 11 is 1.41. The van der Waals surface area contributed by atoms with E-state index in [0.717, 1.165) is 43.3 Å². The van der Waals surface area contributed by atoms with Gasteiger partial charge in [0.05, 0.1) is 18.1 Å². The first-order chi connectivity index (χ1) is 12.7. The number of carbonyl (C=O) groups is 2. The molecule has 2 aromatic rings. The predicted octanol–water partition coefficient (Wildman–Crippen LogP) is 1.84. The number of carbonyl (C=O) groups excluding carboxylic acids is 2. The van der Waals surface area contributed by atoms with Crippen molar-refractivity contribution in [3.63, 3.8) is 0 Å². The van der Waals surface area contributed by atoms with E-state index in [1.807, 2.05) is 24.3 Å². The smallest absolute Gasteiger partial charge is 0.261 e. The van der Waals surface area contributed by atoms with E-state index in [1.165, 1.54) is 11.3 Å². The monoisotopic (exact) mass is 373 g/mol.